The van der Waals surface area contributed by atoms with Crippen molar-refractivity contribution >= 4 is 29.7 Å². The third-order valence-corrected chi connectivity index (χ3v) is 5.68. The number of thiophene rings is 1. The molecule has 1 aromatic heterocycles. The van der Waals surface area contributed by atoms with Gasteiger partial charge in [0, 0.05) is 11.4 Å². The van der Waals surface area contributed by atoms with Gasteiger partial charge in [-0.15, -0.1) is 23.7 Å². The molecule has 0 spiro atoms. The van der Waals surface area contributed by atoms with Gasteiger partial charge in [0.25, 0.3) is 5.91 Å². The van der Waals surface area contributed by atoms with Crippen LogP contribution in [-0.4, -0.2) is 18.0 Å². The lowest BCUT2D eigenvalue weighted by atomic mass is 9.97. The van der Waals surface area contributed by atoms with Gasteiger partial charge in [-0.1, -0.05) is 25.0 Å². The van der Waals surface area contributed by atoms with E-state index in [-0.39, 0.29) is 29.7 Å². The van der Waals surface area contributed by atoms with Crippen molar-refractivity contribution in [3.63, 3.8) is 0 Å². The zero-order valence-corrected chi connectivity index (χ0v) is 15.2. The van der Waals surface area contributed by atoms with Crippen LogP contribution in [0.4, 0.5) is 4.39 Å². The van der Waals surface area contributed by atoms with Crippen molar-refractivity contribution in [2.24, 2.45) is 5.73 Å². The second-order valence-corrected chi connectivity index (χ2v) is 7.49. The summed E-state index contributed by atoms with van der Waals surface area (Å²) in [5.41, 5.74) is 7.55. The highest BCUT2D eigenvalue weighted by Crippen LogP contribution is 2.33. The Morgan fingerprint density at radius 1 is 1.29 bits per heavy atom. The Kier molecular flexibility index (Phi) is 6.01. The van der Waals surface area contributed by atoms with Crippen LogP contribution in [0.5, 0.6) is 0 Å². The molecule has 3 rings (SSSR count). The predicted molar refractivity (Wildman–Crippen MR) is 99.4 cm³/mol. The molecule has 3 N–H and O–H groups in total. The fourth-order valence-electron chi connectivity index (χ4n) is 3.24. The number of nitrogens with one attached hydrogen (secondary N) is 1. The first-order valence-corrected chi connectivity index (χ1v) is 8.74. The number of hydrogen-bond acceptors (Lipinski definition) is 3. The molecule has 130 valence electrons. The maximum atomic E-state index is 13.1. The number of carbonyl (C=O) groups is 1. The standard InChI is InChI=1S/C18H21FN2OS.ClH/c1-12-15(13-4-6-14(19)7-5-13)10-16(23-12)17(22)21-18(11-20)8-2-3-9-18;/h4-7,10H,2-3,8-9,11,20H2,1H3,(H,21,22);1H. The molecule has 0 radical (unpaired) electrons. The highest BCUT2D eigenvalue weighted by molar-refractivity contribution is 7.14. The van der Waals surface area contributed by atoms with E-state index in [9.17, 15) is 9.18 Å². The third kappa shape index (κ3) is 3.79. The van der Waals surface area contributed by atoms with Gasteiger partial charge in [0.2, 0.25) is 0 Å². The normalized spacial score (nSPS) is 15.8. The van der Waals surface area contributed by atoms with Crippen molar-refractivity contribution in [3.8, 4) is 11.1 Å². The molecule has 3 nitrogen and oxygen atoms in total. The molecule has 1 aromatic carbocycles. The lowest BCUT2D eigenvalue weighted by Crippen LogP contribution is -2.51. The number of hydrogen-bond donors (Lipinski definition) is 2. The summed E-state index contributed by atoms with van der Waals surface area (Å²) in [6, 6.07) is 8.25. The van der Waals surface area contributed by atoms with Crippen LogP contribution >= 0.6 is 23.7 Å². The van der Waals surface area contributed by atoms with Gasteiger partial charge in [0.15, 0.2) is 0 Å². The van der Waals surface area contributed by atoms with E-state index in [1.807, 2.05) is 13.0 Å². The zero-order valence-electron chi connectivity index (χ0n) is 13.6. The Bertz CT molecular complexity index is 708. The van der Waals surface area contributed by atoms with Gasteiger partial charge in [0.05, 0.1) is 10.4 Å². The van der Waals surface area contributed by atoms with Crippen molar-refractivity contribution in [1.29, 1.82) is 0 Å². The van der Waals surface area contributed by atoms with Gasteiger partial charge in [-0.3, -0.25) is 4.79 Å². The first-order valence-electron chi connectivity index (χ1n) is 7.92. The largest absolute Gasteiger partial charge is 0.345 e. The molecule has 6 heteroatoms. The molecular formula is C18H22ClFN2OS. The van der Waals surface area contributed by atoms with Crippen LogP contribution in [0.25, 0.3) is 11.1 Å². The Morgan fingerprint density at radius 3 is 2.50 bits per heavy atom. The summed E-state index contributed by atoms with van der Waals surface area (Å²) >= 11 is 1.47. The number of halogens is 2. The maximum absolute atomic E-state index is 13.1. The quantitative estimate of drug-likeness (QED) is 0.845. The summed E-state index contributed by atoms with van der Waals surface area (Å²) in [6.07, 6.45) is 4.12. The van der Waals surface area contributed by atoms with Crippen molar-refractivity contribution in [2.45, 2.75) is 38.1 Å². The smallest absolute Gasteiger partial charge is 0.261 e. The molecular weight excluding hydrogens is 347 g/mol. The van der Waals surface area contributed by atoms with E-state index in [0.29, 0.717) is 11.4 Å². The minimum absolute atomic E-state index is 0. The van der Waals surface area contributed by atoms with E-state index >= 15 is 0 Å². The van der Waals surface area contributed by atoms with Crippen LogP contribution in [-0.2, 0) is 0 Å². The summed E-state index contributed by atoms with van der Waals surface area (Å²) in [7, 11) is 0. The predicted octanol–water partition coefficient (Wildman–Crippen LogP) is 4.29. The van der Waals surface area contributed by atoms with E-state index in [2.05, 4.69) is 5.32 Å². The number of nitrogens with two attached hydrogens (primary N) is 1. The van der Waals surface area contributed by atoms with Crippen LogP contribution in [0.3, 0.4) is 0 Å². The first kappa shape index (κ1) is 18.9. The monoisotopic (exact) mass is 368 g/mol. The second-order valence-electron chi connectivity index (χ2n) is 6.23. The summed E-state index contributed by atoms with van der Waals surface area (Å²) in [5.74, 6) is -0.315. The number of benzene rings is 1. The van der Waals surface area contributed by atoms with Crippen molar-refractivity contribution < 1.29 is 9.18 Å². The maximum Gasteiger partial charge on any atom is 0.261 e. The topological polar surface area (TPSA) is 55.1 Å². The number of rotatable bonds is 4. The van der Waals surface area contributed by atoms with Crippen LogP contribution in [0, 0.1) is 12.7 Å². The van der Waals surface area contributed by atoms with E-state index in [1.165, 1.54) is 23.5 Å². The fourth-order valence-corrected chi connectivity index (χ4v) is 4.18. The molecule has 24 heavy (non-hydrogen) atoms. The minimum atomic E-state index is -0.259. The minimum Gasteiger partial charge on any atom is -0.345 e. The third-order valence-electron chi connectivity index (χ3n) is 4.63. The number of carbonyl (C=O) groups excluding carboxylic acids is 1. The van der Waals surface area contributed by atoms with E-state index in [1.54, 1.807) is 12.1 Å². The van der Waals surface area contributed by atoms with Crippen LogP contribution in [0.2, 0.25) is 0 Å². The van der Waals surface area contributed by atoms with Crippen molar-refractivity contribution in [2.75, 3.05) is 6.54 Å². The molecule has 2 aromatic rings. The molecule has 1 aliphatic rings. The SMILES string of the molecule is Cc1sc(C(=O)NC2(CN)CCCC2)cc1-c1ccc(F)cc1.Cl. The lowest BCUT2D eigenvalue weighted by molar-refractivity contribution is 0.0907. The Hall–Kier alpha value is -1.43. The molecule has 0 unspecified atom stereocenters. The number of amides is 1. The van der Waals surface area contributed by atoms with Crippen molar-refractivity contribution in [3.05, 3.63) is 45.9 Å². The number of aryl methyl sites for hydroxylation is 1. The van der Waals surface area contributed by atoms with E-state index in [0.717, 1.165) is 41.7 Å². The molecule has 0 aliphatic heterocycles. The first-order chi connectivity index (χ1) is 11.0. The molecule has 1 amide bonds. The van der Waals surface area contributed by atoms with Crippen LogP contribution < -0.4 is 11.1 Å². The van der Waals surface area contributed by atoms with E-state index < -0.39 is 0 Å². The lowest BCUT2D eigenvalue weighted by Gasteiger charge is -2.28. The van der Waals surface area contributed by atoms with Crippen molar-refractivity contribution in [1.82, 2.24) is 5.32 Å². The summed E-state index contributed by atoms with van der Waals surface area (Å²) in [5, 5.41) is 3.15. The average molecular weight is 369 g/mol. The van der Waals surface area contributed by atoms with Gasteiger partial charge < -0.3 is 11.1 Å². The molecule has 1 saturated carbocycles. The van der Waals surface area contributed by atoms with Crippen LogP contribution in [0.15, 0.2) is 30.3 Å². The Labute approximate surface area is 151 Å². The van der Waals surface area contributed by atoms with Gasteiger partial charge in [0.1, 0.15) is 5.82 Å². The summed E-state index contributed by atoms with van der Waals surface area (Å²) < 4.78 is 13.1. The molecule has 1 aliphatic carbocycles. The highest BCUT2D eigenvalue weighted by atomic mass is 35.5. The molecule has 1 fully saturated rings. The fraction of sp³-hybridized carbons (Fsp3) is 0.389. The van der Waals surface area contributed by atoms with E-state index in [4.69, 9.17) is 5.73 Å². The zero-order chi connectivity index (χ0) is 16.4. The van der Waals surface area contributed by atoms with Crippen LogP contribution in [0.1, 0.15) is 40.2 Å². The summed E-state index contributed by atoms with van der Waals surface area (Å²) in [6.45, 7) is 2.46. The van der Waals surface area contributed by atoms with Gasteiger partial charge >= 0.3 is 0 Å². The van der Waals surface area contributed by atoms with Gasteiger partial charge in [-0.05, 0) is 49.1 Å². The Morgan fingerprint density at radius 2 is 1.92 bits per heavy atom. The highest BCUT2D eigenvalue weighted by Gasteiger charge is 2.34. The summed E-state index contributed by atoms with van der Waals surface area (Å²) in [4.78, 5) is 14.3. The molecule has 0 saturated heterocycles. The average Bonchev–Trinajstić information content (AvgIpc) is 3.16. The molecule has 0 bridgehead atoms. The molecule has 1 heterocycles. The van der Waals surface area contributed by atoms with Gasteiger partial charge in [-0.25, -0.2) is 4.39 Å². The second kappa shape index (κ2) is 7.64. The van der Waals surface area contributed by atoms with Gasteiger partial charge in [-0.2, -0.15) is 0 Å². The molecule has 0 atom stereocenters. The Balaban J connectivity index is 0.00000208.